The Balaban J connectivity index is 1.54. The average Bonchev–Trinajstić information content (AvgIpc) is 3.40. The van der Waals surface area contributed by atoms with Gasteiger partial charge >= 0.3 is 0 Å². The molecule has 0 aromatic heterocycles. The molecular weight excluding hydrogens is 486 g/mol. The predicted molar refractivity (Wildman–Crippen MR) is 135 cm³/mol. The maximum absolute atomic E-state index is 13.4. The molecule has 35 heavy (non-hydrogen) atoms. The number of anilines is 2. The van der Waals surface area contributed by atoms with Gasteiger partial charge in [-0.05, 0) is 68.3 Å². The van der Waals surface area contributed by atoms with E-state index in [1.54, 1.807) is 42.5 Å². The molecule has 0 saturated carbocycles. The highest BCUT2D eigenvalue weighted by atomic mass is 32.2. The first-order valence-corrected chi connectivity index (χ1v) is 14.1. The highest BCUT2D eigenvalue weighted by molar-refractivity contribution is 7.92. The number of carbonyl (C=O) groups is 1. The Morgan fingerprint density at radius 2 is 1.43 bits per heavy atom. The largest absolute Gasteiger partial charge is 0.325 e. The SMILES string of the molecule is Cc1ccc(N(CC(=O)Nc2ccc(S(=O)(=O)N3CCCC3)cc2)S(=O)(=O)c2ccccc2)cc1. The molecule has 3 aromatic carbocycles. The van der Waals surface area contributed by atoms with Gasteiger partial charge in [-0.2, -0.15) is 4.31 Å². The van der Waals surface area contributed by atoms with Crippen molar-refractivity contribution in [3.63, 3.8) is 0 Å². The number of amides is 1. The van der Waals surface area contributed by atoms with Gasteiger partial charge < -0.3 is 5.32 Å². The van der Waals surface area contributed by atoms with Gasteiger partial charge in [0.2, 0.25) is 15.9 Å². The van der Waals surface area contributed by atoms with Crippen LogP contribution in [0.3, 0.4) is 0 Å². The van der Waals surface area contributed by atoms with Crippen LogP contribution in [0.4, 0.5) is 11.4 Å². The van der Waals surface area contributed by atoms with E-state index in [-0.39, 0.29) is 9.79 Å². The number of hydrogen-bond donors (Lipinski definition) is 1. The molecule has 1 heterocycles. The number of rotatable bonds is 8. The highest BCUT2D eigenvalue weighted by Crippen LogP contribution is 2.25. The first-order valence-electron chi connectivity index (χ1n) is 11.2. The van der Waals surface area contributed by atoms with Crippen molar-refractivity contribution >= 4 is 37.3 Å². The zero-order valence-corrected chi connectivity index (χ0v) is 20.9. The lowest BCUT2D eigenvalue weighted by Gasteiger charge is -2.24. The molecule has 4 rings (SSSR count). The Bertz CT molecular complexity index is 1380. The lowest BCUT2D eigenvalue weighted by molar-refractivity contribution is -0.114. The van der Waals surface area contributed by atoms with E-state index in [1.807, 2.05) is 6.92 Å². The van der Waals surface area contributed by atoms with Crippen molar-refractivity contribution in [3.05, 3.63) is 84.4 Å². The second-order valence-electron chi connectivity index (χ2n) is 8.34. The van der Waals surface area contributed by atoms with Crippen LogP contribution in [0.5, 0.6) is 0 Å². The quantitative estimate of drug-likeness (QED) is 0.496. The molecule has 1 fully saturated rings. The Morgan fingerprint density at radius 3 is 2.03 bits per heavy atom. The molecule has 0 atom stereocenters. The minimum Gasteiger partial charge on any atom is -0.325 e. The molecule has 8 nitrogen and oxygen atoms in total. The highest BCUT2D eigenvalue weighted by Gasteiger charge is 2.28. The van der Waals surface area contributed by atoms with E-state index in [0.29, 0.717) is 24.5 Å². The van der Waals surface area contributed by atoms with Gasteiger partial charge in [-0.3, -0.25) is 9.10 Å². The summed E-state index contributed by atoms with van der Waals surface area (Å²) in [5, 5.41) is 2.67. The van der Waals surface area contributed by atoms with Crippen molar-refractivity contribution in [1.82, 2.24) is 4.31 Å². The Kier molecular flexibility index (Phi) is 7.25. The lowest BCUT2D eigenvalue weighted by Crippen LogP contribution is -2.38. The average molecular weight is 514 g/mol. The Labute approximate surface area is 206 Å². The van der Waals surface area contributed by atoms with Gasteiger partial charge in [0.25, 0.3) is 10.0 Å². The van der Waals surface area contributed by atoms with E-state index < -0.39 is 32.5 Å². The lowest BCUT2D eigenvalue weighted by atomic mass is 10.2. The maximum atomic E-state index is 13.4. The van der Waals surface area contributed by atoms with Gasteiger partial charge in [0.05, 0.1) is 15.5 Å². The predicted octanol–water partition coefficient (Wildman–Crippen LogP) is 3.61. The fourth-order valence-electron chi connectivity index (χ4n) is 3.86. The standard InChI is InChI=1S/C25H27N3O5S2/c1-20-9-13-22(14-10-20)28(35(32,33)23-7-3-2-4-8-23)19-25(29)26-21-11-15-24(16-12-21)34(30,31)27-17-5-6-18-27/h2-4,7-16H,5-6,17-19H2,1H3,(H,26,29). The molecule has 1 aliphatic rings. The van der Waals surface area contributed by atoms with Crippen LogP contribution in [0.2, 0.25) is 0 Å². The fraction of sp³-hybridized carbons (Fsp3) is 0.240. The molecule has 1 aliphatic heterocycles. The number of carbonyl (C=O) groups excluding carboxylic acids is 1. The molecule has 0 spiro atoms. The molecule has 0 unspecified atom stereocenters. The zero-order chi connectivity index (χ0) is 25.1. The fourth-order valence-corrected chi connectivity index (χ4v) is 6.82. The minimum atomic E-state index is -4.00. The molecule has 184 valence electrons. The van der Waals surface area contributed by atoms with E-state index in [9.17, 15) is 21.6 Å². The molecule has 0 bridgehead atoms. The first-order chi connectivity index (χ1) is 16.7. The summed E-state index contributed by atoms with van der Waals surface area (Å²) < 4.78 is 54.6. The van der Waals surface area contributed by atoms with Crippen LogP contribution in [-0.2, 0) is 24.8 Å². The molecule has 1 amide bonds. The summed E-state index contributed by atoms with van der Waals surface area (Å²) in [5.41, 5.74) is 1.69. The molecule has 1 N–H and O–H groups in total. The third kappa shape index (κ3) is 5.55. The number of nitrogens with zero attached hydrogens (tertiary/aromatic N) is 2. The van der Waals surface area contributed by atoms with E-state index in [2.05, 4.69) is 5.32 Å². The van der Waals surface area contributed by atoms with Gasteiger partial charge in [-0.15, -0.1) is 0 Å². The number of benzene rings is 3. The van der Waals surface area contributed by atoms with E-state index >= 15 is 0 Å². The summed E-state index contributed by atoms with van der Waals surface area (Å²) in [5.74, 6) is -0.555. The van der Waals surface area contributed by atoms with E-state index in [0.717, 1.165) is 22.7 Å². The van der Waals surface area contributed by atoms with Crippen LogP contribution >= 0.6 is 0 Å². The Morgan fingerprint density at radius 1 is 0.829 bits per heavy atom. The van der Waals surface area contributed by atoms with E-state index in [4.69, 9.17) is 0 Å². The van der Waals surface area contributed by atoms with Gasteiger partial charge in [0.15, 0.2) is 0 Å². The van der Waals surface area contributed by atoms with Crippen molar-refractivity contribution in [2.75, 3.05) is 29.3 Å². The third-order valence-corrected chi connectivity index (χ3v) is 9.48. The summed E-state index contributed by atoms with van der Waals surface area (Å²) in [6.45, 7) is 2.45. The Hall–Kier alpha value is -3.21. The summed E-state index contributed by atoms with van der Waals surface area (Å²) in [4.78, 5) is 13.1. The van der Waals surface area contributed by atoms with Crippen LogP contribution < -0.4 is 9.62 Å². The van der Waals surface area contributed by atoms with Gasteiger partial charge in [0.1, 0.15) is 6.54 Å². The number of sulfonamides is 2. The van der Waals surface area contributed by atoms with Crippen LogP contribution in [0.25, 0.3) is 0 Å². The molecule has 0 aliphatic carbocycles. The van der Waals surface area contributed by atoms with Crippen LogP contribution in [0.1, 0.15) is 18.4 Å². The van der Waals surface area contributed by atoms with E-state index in [1.165, 1.54) is 40.7 Å². The molecular formula is C25H27N3O5S2. The molecule has 1 saturated heterocycles. The topological polar surface area (TPSA) is 104 Å². The smallest absolute Gasteiger partial charge is 0.264 e. The van der Waals surface area contributed by atoms with Crippen LogP contribution in [-0.4, -0.2) is 46.7 Å². The van der Waals surface area contributed by atoms with Crippen molar-refractivity contribution in [3.8, 4) is 0 Å². The second-order valence-corrected chi connectivity index (χ2v) is 12.1. The summed E-state index contributed by atoms with van der Waals surface area (Å²) >= 11 is 0. The summed E-state index contributed by atoms with van der Waals surface area (Å²) in [6, 6.07) is 20.7. The first kappa shape index (κ1) is 24.9. The normalized spacial score (nSPS) is 14.5. The van der Waals surface area contributed by atoms with Crippen molar-refractivity contribution in [1.29, 1.82) is 0 Å². The summed E-state index contributed by atoms with van der Waals surface area (Å²) in [7, 11) is -7.56. The monoisotopic (exact) mass is 513 g/mol. The van der Waals surface area contributed by atoms with Gasteiger partial charge in [0, 0.05) is 18.8 Å². The molecule has 10 heteroatoms. The number of aryl methyl sites for hydroxylation is 1. The molecule has 3 aromatic rings. The number of nitrogens with one attached hydrogen (secondary N) is 1. The van der Waals surface area contributed by atoms with Crippen LogP contribution in [0, 0.1) is 6.92 Å². The van der Waals surface area contributed by atoms with Crippen molar-refractivity contribution in [2.24, 2.45) is 0 Å². The maximum Gasteiger partial charge on any atom is 0.264 e. The summed E-state index contributed by atoms with van der Waals surface area (Å²) in [6.07, 6.45) is 1.69. The second kappa shape index (κ2) is 10.2. The van der Waals surface area contributed by atoms with Crippen molar-refractivity contribution < 1.29 is 21.6 Å². The third-order valence-electron chi connectivity index (χ3n) is 5.78. The number of hydrogen-bond acceptors (Lipinski definition) is 5. The molecule has 0 radical (unpaired) electrons. The van der Waals surface area contributed by atoms with Crippen molar-refractivity contribution in [2.45, 2.75) is 29.6 Å². The van der Waals surface area contributed by atoms with Gasteiger partial charge in [-0.25, -0.2) is 16.8 Å². The van der Waals surface area contributed by atoms with Gasteiger partial charge in [-0.1, -0.05) is 35.9 Å². The minimum absolute atomic E-state index is 0.0739. The zero-order valence-electron chi connectivity index (χ0n) is 19.3. The van der Waals surface area contributed by atoms with Crippen LogP contribution in [0.15, 0.2) is 88.7 Å².